The first kappa shape index (κ1) is 15.4. The minimum absolute atomic E-state index is 0.292. The van der Waals surface area contributed by atoms with E-state index in [9.17, 15) is 0 Å². The molecule has 0 bridgehead atoms. The average Bonchev–Trinajstić information content (AvgIpc) is 3.05. The van der Waals surface area contributed by atoms with Crippen LogP contribution >= 0.6 is 0 Å². The number of aromatic nitrogens is 2. The largest absolute Gasteiger partial charge is 0.493 e. The molecular weight excluding hydrogens is 266 g/mol. The molecule has 0 saturated carbocycles. The number of hydrogen-bond donors (Lipinski definition) is 1. The topological polar surface area (TPSA) is 48.3 Å². The molecule has 0 spiro atoms. The van der Waals surface area contributed by atoms with Crippen molar-refractivity contribution in [3.8, 4) is 11.5 Å². The molecule has 1 aromatic heterocycles. The fraction of sp³-hybridized carbons (Fsp3) is 0.438. The molecule has 0 amide bonds. The molecule has 5 heteroatoms. The highest BCUT2D eigenvalue weighted by atomic mass is 16.5. The molecule has 0 aliphatic heterocycles. The first-order valence-electron chi connectivity index (χ1n) is 7.09. The van der Waals surface area contributed by atoms with E-state index in [0.29, 0.717) is 12.1 Å². The van der Waals surface area contributed by atoms with Crippen LogP contribution in [0, 0.1) is 0 Å². The molecule has 0 aliphatic rings. The average molecular weight is 289 g/mol. The predicted octanol–water partition coefficient (Wildman–Crippen LogP) is 2.64. The molecule has 2 rings (SSSR count). The van der Waals surface area contributed by atoms with Crippen LogP contribution in [-0.4, -0.2) is 30.0 Å². The Bertz CT molecular complexity index is 555. The summed E-state index contributed by atoms with van der Waals surface area (Å²) in [6.45, 7) is 5.08. The summed E-state index contributed by atoms with van der Waals surface area (Å²) < 4.78 is 12.5. The fourth-order valence-electron chi connectivity index (χ4n) is 2.19. The molecule has 21 heavy (non-hydrogen) atoms. The van der Waals surface area contributed by atoms with Crippen LogP contribution < -0.4 is 14.8 Å². The van der Waals surface area contributed by atoms with Crippen molar-refractivity contribution < 1.29 is 9.47 Å². The molecule has 1 aromatic carbocycles. The fourth-order valence-corrected chi connectivity index (χ4v) is 2.19. The van der Waals surface area contributed by atoms with Crippen LogP contribution in [0.3, 0.4) is 0 Å². The second-order valence-corrected chi connectivity index (χ2v) is 5.09. The van der Waals surface area contributed by atoms with Gasteiger partial charge >= 0.3 is 0 Å². The van der Waals surface area contributed by atoms with Crippen molar-refractivity contribution in [1.82, 2.24) is 15.1 Å². The molecule has 0 radical (unpaired) electrons. The highest BCUT2D eigenvalue weighted by Gasteiger charge is 2.14. The van der Waals surface area contributed by atoms with Crippen LogP contribution in [0.15, 0.2) is 36.7 Å². The summed E-state index contributed by atoms with van der Waals surface area (Å²) in [6.07, 6.45) is 3.79. The van der Waals surface area contributed by atoms with Gasteiger partial charge in [-0.25, -0.2) is 0 Å². The molecule has 0 aliphatic carbocycles. The predicted molar refractivity (Wildman–Crippen MR) is 82.8 cm³/mol. The SMILES string of the molecule is COc1ccc(CN[C@H](C)[C@@H](C)n2cccn2)cc1OC. The van der Waals surface area contributed by atoms with Crippen molar-refractivity contribution >= 4 is 0 Å². The minimum Gasteiger partial charge on any atom is -0.493 e. The molecule has 0 unspecified atom stereocenters. The monoisotopic (exact) mass is 289 g/mol. The Hall–Kier alpha value is -2.01. The molecule has 1 heterocycles. The summed E-state index contributed by atoms with van der Waals surface area (Å²) in [4.78, 5) is 0. The van der Waals surface area contributed by atoms with Gasteiger partial charge in [0.05, 0.1) is 20.3 Å². The lowest BCUT2D eigenvalue weighted by molar-refractivity contribution is 0.352. The van der Waals surface area contributed by atoms with Gasteiger partial charge in [0.2, 0.25) is 0 Å². The van der Waals surface area contributed by atoms with Crippen LogP contribution in [-0.2, 0) is 6.54 Å². The van der Waals surface area contributed by atoms with Crippen molar-refractivity contribution in [2.24, 2.45) is 0 Å². The molecule has 2 atom stereocenters. The maximum absolute atomic E-state index is 5.32. The van der Waals surface area contributed by atoms with E-state index < -0.39 is 0 Å². The van der Waals surface area contributed by atoms with Crippen LogP contribution in [0.5, 0.6) is 11.5 Å². The summed E-state index contributed by atoms with van der Waals surface area (Å²) in [5.74, 6) is 1.50. The van der Waals surface area contributed by atoms with Gasteiger partial charge in [-0.1, -0.05) is 6.07 Å². The zero-order chi connectivity index (χ0) is 15.2. The van der Waals surface area contributed by atoms with Gasteiger partial charge < -0.3 is 14.8 Å². The van der Waals surface area contributed by atoms with Gasteiger partial charge in [-0.3, -0.25) is 4.68 Å². The quantitative estimate of drug-likeness (QED) is 0.851. The Morgan fingerprint density at radius 3 is 2.57 bits per heavy atom. The number of hydrogen-bond acceptors (Lipinski definition) is 4. The van der Waals surface area contributed by atoms with Crippen LogP contribution in [0.2, 0.25) is 0 Å². The maximum atomic E-state index is 5.32. The van der Waals surface area contributed by atoms with E-state index in [-0.39, 0.29) is 0 Å². The normalized spacial score (nSPS) is 13.7. The lowest BCUT2D eigenvalue weighted by Crippen LogP contribution is -2.33. The summed E-state index contributed by atoms with van der Waals surface area (Å²) >= 11 is 0. The van der Waals surface area contributed by atoms with Gasteiger partial charge in [0.1, 0.15) is 0 Å². The van der Waals surface area contributed by atoms with E-state index >= 15 is 0 Å². The van der Waals surface area contributed by atoms with Gasteiger partial charge in [0.15, 0.2) is 11.5 Å². The highest BCUT2D eigenvalue weighted by molar-refractivity contribution is 5.42. The molecule has 0 fully saturated rings. The Morgan fingerprint density at radius 1 is 1.19 bits per heavy atom. The molecular formula is C16H23N3O2. The van der Waals surface area contributed by atoms with E-state index in [1.54, 1.807) is 20.4 Å². The third-order valence-electron chi connectivity index (χ3n) is 3.74. The smallest absolute Gasteiger partial charge is 0.161 e. The van der Waals surface area contributed by atoms with E-state index in [1.165, 1.54) is 0 Å². The highest BCUT2D eigenvalue weighted by Crippen LogP contribution is 2.27. The van der Waals surface area contributed by atoms with Gasteiger partial charge in [0, 0.05) is 25.0 Å². The van der Waals surface area contributed by atoms with Crippen molar-refractivity contribution in [1.29, 1.82) is 0 Å². The Morgan fingerprint density at radius 2 is 1.95 bits per heavy atom. The number of rotatable bonds is 7. The van der Waals surface area contributed by atoms with Crippen molar-refractivity contribution in [2.45, 2.75) is 32.5 Å². The summed E-state index contributed by atoms with van der Waals surface area (Å²) in [6, 6.07) is 8.50. The van der Waals surface area contributed by atoms with Crippen molar-refractivity contribution in [3.63, 3.8) is 0 Å². The number of nitrogens with zero attached hydrogens (tertiary/aromatic N) is 2. The summed E-state index contributed by atoms with van der Waals surface area (Å²) in [5, 5.41) is 7.80. The van der Waals surface area contributed by atoms with Crippen LogP contribution in [0.4, 0.5) is 0 Å². The lowest BCUT2D eigenvalue weighted by atomic mass is 10.1. The van der Waals surface area contributed by atoms with Gasteiger partial charge in [0.25, 0.3) is 0 Å². The lowest BCUT2D eigenvalue weighted by Gasteiger charge is -2.22. The van der Waals surface area contributed by atoms with E-state index in [1.807, 2.05) is 35.1 Å². The Labute approximate surface area is 125 Å². The molecule has 0 saturated heterocycles. The standard InChI is InChI=1S/C16H23N3O2/c1-12(13(2)19-9-5-8-18-19)17-11-14-6-7-15(20-3)16(10-14)21-4/h5-10,12-13,17H,11H2,1-4H3/t12-,13-/m1/s1. The molecule has 2 aromatic rings. The first-order valence-corrected chi connectivity index (χ1v) is 7.09. The minimum atomic E-state index is 0.292. The van der Waals surface area contributed by atoms with Crippen molar-refractivity contribution in [3.05, 3.63) is 42.2 Å². The second kappa shape index (κ2) is 7.13. The van der Waals surface area contributed by atoms with E-state index in [4.69, 9.17) is 9.47 Å². The van der Waals surface area contributed by atoms with Crippen LogP contribution in [0.1, 0.15) is 25.5 Å². The van der Waals surface area contributed by atoms with Crippen LogP contribution in [0.25, 0.3) is 0 Å². The van der Waals surface area contributed by atoms with Gasteiger partial charge in [-0.2, -0.15) is 5.10 Å². The maximum Gasteiger partial charge on any atom is 0.161 e. The molecule has 1 N–H and O–H groups in total. The third-order valence-corrected chi connectivity index (χ3v) is 3.74. The summed E-state index contributed by atoms with van der Waals surface area (Å²) in [7, 11) is 3.29. The molecule has 114 valence electrons. The van der Waals surface area contributed by atoms with Crippen molar-refractivity contribution in [2.75, 3.05) is 14.2 Å². The third kappa shape index (κ3) is 3.76. The molecule has 5 nitrogen and oxygen atoms in total. The van der Waals surface area contributed by atoms with E-state index in [0.717, 1.165) is 23.6 Å². The number of nitrogens with one attached hydrogen (secondary N) is 1. The first-order chi connectivity index (χ1) is 10.2. The number of methoxy groups -OCH3 is 2. The number of ether oxygens (including phenoxy) is 2. The Balaban J connectivity index is 1.96. The second-order valence-electron chi connectivity index (χ2n) is 5.09. The number of benzene rings is 1. The van der Waals surface area contributed by atoms with Gasteiger partial charge in [-0.05, 0) is 37.6 Å². The summed E-state index contributed by atoms with van der Waals surface area (Å²) in [5.41, 5.74) is 1.16. The zero-order valence-corrected chi connectivity index (χ0v) is 13.0. The zero-order valence-electron chi connectivity index (χ0n) is 13.0. The van der Waals surface area contributed by atoms with Gasteiger partial charge in [-0.15, -0.1) is 0 Å². The Kier molecular flexibility index (Phi) is 5.22. The van der Waals surface area contributed by atoms with E-state index in [2.05, 4.69) is 24.3 Å².